The van der Waals surface area contributed by atoms with Crippen LogP contribution in [0.5, 0.6) is 0 Å². The number of carbonyl (C=O) groups excluding carboxylic acids is 3. The van der Waals surface area contributed by atoms with Gasteiger partial charge in [0.1, 0.15) is 0 Å². The molecular formula is C19H28N2O4. The number of imide groups is 1. The molecular weight excluding hydrogens is 320 g/mol. The van der Waals surface area contributed by atoms with Gasteiger partial charge in [0.25, 0.3) is 5.91 Å². The van der Waals surface area contributed by atoms with Crippen LogP contribution in [0.1, 0.15) is 74.9 Å². The number of amides is 3. The summed E-state index contributed by atoms with van der Waals surface area (Å²) in [5, 5.41) is 4.64. The van der Waals surface area contributed by atoms with Crippen LogP contribution in [0, 0.1) is 0 Å². The lowest BCUT2D eigenvalue weighted by molar-refractivity contribution is -0.123. The van der Waals surface area contributed by atoms with E-state index in [2.05, 4.69) is 24.5 Å². The summed E-state index contributed by atoms with van der Waals surface area (Å²) in [6, 6.07) is 4.92. The molecule has 2 N–H and O–H groups in total. The second-order valence-electron chi connectivity index (χ2n) is 6.91. The van der Waals surface area contributed by atoms with E-state index in [0.717, 1.165) is 11.1 Å². The van der Waals surface area contributed by atoms with Crippen LogP contribution in [-0.4, -0.2) is 30.6 Å². The molecule has 0 saturated carbocycles. The standard InChI is InChI=1S/C19H28N2O4/c1-11(2)14-7-8-15(16(9-14)12(3)4)18(23)25-10-17(22)21-19(24)20-13(5)6/h7-9,11-13H,10H2,1-6H3,(H2,20,21,22,24). The summed E-state index contributed by atoms with van der Waals surface area (Å²) in [6.07, 6.45) is 0. The highest BCUT2D eigenvalue weighted by Crippen LogP contribution is 2.25. The zero-order valence-corrected chi connectivity index (χ0v) is 15.8. The molecule has 0 atom stereocenters. The molecule has 0 aliphatic carbocycles. The fraction of sp³-hybridized carbons (Fsp3) is 0.526. The zero-order chi connectivity index (χ0) is 19.1. The monoisotopic (exact) mass is 348 g/mol. The Bertz CT molecular complexity index is 636. The van der Waals surface area contributed by atoms with Gasteiger partial charge in [0.05, 0.1) is 5.56 Å². The normalized spacial score (nSPS) is 10.9. The van der Waals surface area contributed by atoms with Crippen molar-refractivity contribution >= 4 is 17.9 Å². The van der Waals surface area contributed by atoms with Crippen molar-refractivity contribution in [1.82, 2.24) is 10.6 Å². The Morgan fingerprint density at radius 1 is 1.00 bits per heavy atom. The van der Waals surface area contributed by atoms with Crippen molar-refractivity contribution in [1.29, 1.82) is 0 Å². The predicted molar refractivity (Wildman–Crippen MR) is 96.7 cm³/mol. The van der Waals surface area contributed by atoms with Crippen molar-refractivity contribution in [2.45, 2.75) is 59.4 Å². The van der Waals surface area contributed by atoms with E-state index in [0.29, 0.717) is 11.5 Å². The van der Waals surface area contributed by atoms with Crippen LogP contribution in [-0.2, 0) is 9.53 Å². The molecule has 0 fully saturated rings. The van der Waals surface area contributed by atoms with Crippen molar-refractivity contribution in [2.24, 2.45) is 0 Å². The van der Waals surface area contributed by atoms with Gasteiger partial charge in [0, 0.05) is 6.04 Å². The smallest absolute Gasteiger partial charge is 0.338 e. The van der Waals surface area contributed by atoms with E-state index in [4.69, 9.17) is 4.74 Å². The Morgan fingerprint density at radius 3 is 2.16 bits per heavy atom. The van der Waals surface area contributed by atoms with E-state index in [1.54, 1.807) is 19.9 Å². The van der Waals surface area contributed by atoms with Gasteiger partial charge in [0.15, 0.2) is 6.61 Å². The molecule has 0 saturated heterocycles. The molecule has 0 unspecified atom stereocenters. The number of rotatable bonds is 6. The third-order valence-electron chi connectivity index (χ3n) is 3.59. The Labute approximate surface area is 149 Å². The number of carbonyl (C=O) groups is 3. The summed E-state index contributed by atoms with van der Waals surface area (Å²) in [6.45, 7) is 11.2. The second kappa shape index (κ2) is 9.20. The highest BCUT2D eigenvalue weighted by molar-refractivity contribution is 5.97. The highest BCUT2D eigenvalue weighted by atomic mass is 16.5. The average Bonchev–Trinajstić information content (AvgIpc) is 2.50. The van der Waals surface area contributed by atoms with E-state index >= 15 is 0 Å². The number of benzene rings is 1. The summed E-state index contributed by atoms with van der Waals surface area (Å²) in [4.78, 5) is 35.4. The fourth-order valence-corrected chi connectivity index (χ4v) is 2.27. The summed E-state index contributed by atoms with van der Waals surface area (Å²) >= 11 is 0. The first kappa shape index (κ1) is 20.7. The van der Waals surface area contributed by atoms with Crippen LogP contribution in [0.15, 0.2) is 18.2 Å². The van der Waals surface area contributed by atoms with Crippen LogP contribution < -0.4 is 10.6 Å². The van der Waals surface area contributed by atoms with E-state index in [-0.39, 0.29) is 12.0 Å². The quantitative estimate of drug-likeness (QED) is 0.772. The number of ether oxygens (including phenoxy) is 1. The summed E-state index contributed by atoms with van der Waals surface area (Å²) in [7, 11) is 0. The number of hydrogen-bond acceptors (Lipinski definition) is 4. The molecule has 138 valence electrons. The Kier molecular flexibility index (Phi) is 7.61. The molecule has 0 bridgehead atoms. The molecule has 1 aromatic carbocycles. The number of hydrogen-bond donors (Lipinski definition) is 2. The van der Waals surface area contributed by atoms with Gasteiger partial charge in [-0.1, -0.05) is 39.8 Å². The molecule has 3 amide bonds. The molecule has 1 rings (SSSR count). The topological polar surface area (TPSA) is 84.5 Å². The zero-order valence-electron chi connectivity index (χ0n) is 15.8. The molecule has 0 heterocycles. The van der Waals surface area contributed by atoms with Crippen molar-refractivity contribution in [2.75, 3.05) is 6.61 Å². The summed E-state index contributed by atoms with van der Waals surface area (Å²) in [5.74, 6) is -0.741. The first-order valence-corrected chi connectivity index (χ1v) is 8.53. The number of esters is 1. The van der Waals surface area contributed by atoms with Crippen molar-refractivity contribution in [3.63, 3.8) is 0 Å². The third kappa shape index (κ3) is 6.57. The summed E-state index contributed by atoms with van der Waals surface area (Å²) < 4.78 is 5.06. The van der Waals surface area contributed by atoms with Gasteiger partial charge in [-0.3, -0.25) is 10.1 Å². The molecule has 6 nitrogen and oxygen atoms in total. The molecule has 0 aliphatic heterocycles. The molecule has 0 aliphatic rings. The first-order chi connectivity index (χ1) is 11.6. The maximum Gasteiger partial charge on any atom is 0.338 e. The van der Waals surface area contributed by atoms with Gasteiger partial charge in [-0.05, 0) is 42.9 Å². The molecule has 6 heteroatoms. The third-order valence-corrected chi connectivity index (χ3v) is 3.59. The lowest BCUT2D eigenvalue weighted by Crippen LogP contribution is -2.44. The largest absolute Gasteiger partial charge is 0.452 e. The van der Waals surface area contributed by atoms with Gasteiger partial charge in [-0.15, -0.1) is 0 Å². The lowest BCUT2D eigenvalue weighted by atomic mass is 9.91. The predicted octanol–water partition coefficient (Wildman–Crippen LogP) is 3.32. The van der Waals surface area contributed by atoms with Crippen LogP contribution in [0.25, 0.3) is 0 Å². The molecule has 0 spiro atoms. The van der Waals surface area contributed by atoms with E-state index in [1.807, 2.05) is 26.0 Å². The van der Waals surface area contributed by atoms with Crippen LogP contribution in [0.2, 0.25) is 0 Å². The second-order valence-corrected chi connectivity index (χ2v) is 6.91. The number of urea groups is 1. The Balaban J connectivity index is 2.74. The van der Waals surface area contributed by atoms with Crippen LogP contribution in [0.4, 0.5) is 4.79 Å². The average molecular weight is 348 g/mol. The van der Waals surface area contributed by atoms with Gasteiger partial charge < -0.3 is 10.1 Å². The first-order valence-electron chi connectivity index (χ1n) is 8.53. The Morgan fingerprint density at radius 2 is 1.64 bits per heavy atom. The number of nitrogens with one attached hydrogen (secondary N) is 2. The minimum absolute atomic E-state index is 0.0941. The van der Waals surface area contributed by atoms with E-state index in [9.17, 15) is 14.4 Å². The molecule has 0 radical (unpaired) electrons. The minimum atomic E-state index is -0.670. The van der Waals surface area contributed by atoms with Crippen molar-refractivity contribution < 1.29 is 19.1 Å². The SMILES string of the molecule is CC(C)NC(=O)NC(=O)COC(=O)c1ccc(C(C)C)cc1C(C)C. The van der Waals surface area contributed by atoms with Gasteiger partial charge in [-0.2, -0.15) is 0 Å². The van der Waals surface area contributed by atoms with Gasteiger partial charge >= 0.3 is 12.0 Å². The molecule has 0 aromatic heterocycles. The van der Waals surface area contributed by atoms with E-state index < -0.39 is 24.5 Å². The summed E-state index contributed by atoms with van der Waals surface area (Å²) in [5.41, 5.74) is 2.47. The van der Waals surface area contributed by atoms with Crippen molar-refractivity contribution in [3.8, 4) is 0 Å². The lowest BCUT2D eigenvalue weighted by Gasteiger charge is -2.15. The highest BCUT2D eigenvalue weighted by Gasteiger charge is 2.18. The van der Waals surface area contributed by atoms with E-state index in [1.165, 1.54) is 0 Å². The Hall–Kier alpha value is -2.37. The molecule has 25 heavy (non-hydrogen) atoms. The minimum Gasteiger partial charge on any atom is -0.452 e. The van der Waals surface area contributed by atoms with Crippen LogP contribution >= 0.6 is 0 Å². The van der Waals surface area contributed by atoms with Crippen molar-refractivity contribution in [3.05, 3.63) is 34.9 Å². The fourth-order valence-electron chi connectivity index (χ4n) is 2.27. The maximum atomic E-state index is 12.3. The van der Waals surface area contributed by atoms with Gasteiger partial charge in [-0.25, -0.2) is 9.59 Å². The van der Waals surface area contributed by atoms with Gasteiger partial charge in [0.2, 0.25) is 0 Å². The molecule has 1 aromatic rings. The van der Waals surface area contributed by atoms with Crippen LogP contribution in [0.3, 0.4) is 0 Å². The maximum absolute atomic E-state index is 12.3.